The molecule has 0 saturated carbocycles. The topological polar surface area (TPSA) is 49.3 Å². The first-order valence-corrected chi connectivity index (χ1v) is 6.84. The summed E-state index contributed by atoms with van der Waals surface area (Å²) in [6.07, 6.45) is 3.70. The van der Waals surface area contributed by atoms with Gasteiger partial charge in [-0.3, -0.25) is 4.79 Å². The largest absolute Gasteiger partial charge is 0.393 e. The van der Waals surface area contributed by atoms with E-state index in [2.05, 4.69) is 12.2 Å². The van der Waals surface area contributed by atoms with Crippen LogP contribution in [0.1, 0.15) is 39.5 Å². The van der Waals surface area contributed by atoms with Crippen LogP contribution in [0.3, 0.4) is 0 Å². The van der Waals surface area contributed by atoms with Gasteiger partial charge in [-0.1, -0.05) is 13.3 Å². The van der Waals surface area contributed by atoms with E-state index in [-0.39, 0.29) is 12.0 Å². The second-order valence-corrected chi connectivity index (χ2v) is 4.85. The molecule has 0 bridgehead atoms. The summed E-state index contributed by atoms with van der Waals surface area (Å²) < 4.78 is 0. The fourth-order valence-electron chi connectivity index (χ4n) is 1.09. The summed E-state index contributed by atoms with van der Waals surface area (Å²) in [6, 6.07) is 0. The Labute approximate surface area is 97.0 Å². The Balaban J connectivity index is 3.19. The second kappa shape index (κ2) is 10.3. The molecule has 0 aliphatic rings. The number of aliphatic hydroxyl groups excluding tert-OH is 1. The molecule has 0 aromatic rings. The molecule has 1 atom stereocenters. The van der Waals surface area contributed by atoms with E-state index in [1.54, 1.807) is 18.7 Å². The number of rotatable bonds is 9. The van der Waals surface area contributed by atoms with Crippen LogP contribution >= 0.6 is 11.8 Å². The smallest absolute Gasteiger partial charge is 0.229 e. The minimum atomic E-state index is -0.263. The van der Waals surface area contributed by atoms with Crippen molar-refractivity contribution in [1.29, 1.82) is 0 Å². The third-order valence-electron chi connectivity index (χ3n) is 2.00. The quantitative estimate of drug-likeness (QED) is 0.597. The van der Waals surface area contributed by atoms with Crippen molar-refractivity contribution in [2.75, 3.05) is 18.1 Å². The van der Waals surface area contributed by atoms with Crippen LogP contribution in [-0.2, 0) is 4.79 Å². The molecule has 0 spiro atoms. The maximum absolute atomic E-state index is 11.3. The summed E-state index contributed by atoms with van der Waals surface area (Å²) in [5.74, 6) is 1.74. The highest BCUT2D eigenvalue weighted by Gasteiger charge is 2.01. The Morgan fingerprint density at radius 1 is 1.47 bits per heavy atom. The van der Waals surface area contributed by atoms with Gasteiger partial charge < -0.3 is 10.4 Å². The summed E-state index contributed by atoms with van der Waals surface area (Å²) in [6.45, 7) is 4.59. The molecule has 2 N–H and O–H groups in total. The van der Waals surface area contributed by atoms with E-state index in [1.807, 2.05) is 0 Å². The Morgan fingerprint density at radius 3 is 2.80 bits per heavy atom. The summed E-state index contributed by atoms with van der Waals surface area (Å²) >= 11 is 1.69. The molecule has 3 nitrogen and oxygen atoms in total. The molecule has 1 amide bonds. The van der Waals surface area contributed by atoms with E-state index in [0.717, 1.165) is 18.6 Å². The van der Waals surface area contributed by atoms with E-state index >= 15 is 0 Å². The number of hydrogen-bond acceptors (Lipinski definition) is 3. The van der Waals surface area contributed by atoms with Crippen molar-refractivity contribution >= 4 is 17.7 Å². The number of nitrogens with one attached hydrogen (secondary N) is 1. The van der Waals surface area contributed by atoms with Crippen LogP contribution in [0.2, 0.25) is 0 Å². The van der Waals surface area contributed by atoms with Gasteiger partial charge in [0.25, 0.3) is 0 Å². The lowest BCUT2D eigenvalue weighted by Crippen LogP contribution is -2.26. The fourth-order valence-corrected chi connectivity index (χ4v) is 2.01. The van der Waals surface area contributed by atoms with Crippen molar-refractivity contribution in [3.05, 3.63) is 0 Å². The fraction of sp³-hybridized carbons (Fsp3) is 0.909. The maximum Gasteiger partial charge on any atom is 0.229 e. The molecule has 1 unspecified atom stereocenters. The van der Waals surface area contributed by atoms with Gasteiger partial charge in [-0.2, -0.15) is 11.8 Å². The van der Waals surface area contributed by atoms with Crippen molar-refractivity contribution in [1.82, 2.24) is 5.32 Å². The first-order valence-electron chi connectivity index (χ1n) is 5.69. The molecule has 0 aromatic carbocycles. The van der Waals surface area contributed by atoms with Crippen molar-refractivity contribution in [3.8, 4) is 0 Å². The number of hydrogen-bond donors (Lipinski definition) is 2. The molecular formula is C11H23NO2S. The maximum atomic E-state index is 11.3. The number of aliphatic hydroxyl groups is 1. The lowest BCUT2D eigenvalue weighted by Gasteiger charge is -2.06. The first kappa shape index (κ1) is 14.8. The Kier molecular flexibility index (Phi) is 10.2. The molecule has 90 valence electrons. The van der Waals surface area contributed by atoms with Gasteiger partial charge in [0.15, 0.2) is 0 Å². The van der Waals surface area contributed by atoms with Gasteiger partial charge in [-0.25, -0.2) is 0 Å². The molecule has 0 radical (unpaired) electrons. The normalized spacial score (nSPS) is 12.5. The SMILES string of the molecule is CCCCSCC(=O)NCCCC(C)O. The van der Waals surface area contributed by atoms with E-state index in [1.165, 1.54) is 12.8 Å². The van der Waals surface area contributed by atoms with E-state index in [0.29, 0.717) is 12.3 Å². The molecule has 0 aromatic heterocycles. The third kappa shape index (κ3) is 11.7. The summed E-state index contributed by atoms with van der Waals surface area (Å²) in [5.41, 5.74) is 0. The molecule has 0 aliphatic carbocycles. The number of carbonyl (C=O) groups is 1. The zero-order valence-corrected chi connectivity index (χ0v) is 10.6. The summed E-state index contributed by atoms with van der Waals surface area (Å²) in [7, 11) is 0. The average molecular weight is 233 g/mol. The Bertz CT molecular complexity index is 163. The van der Waals surface area contributed by atoms with Gasteiger partial charge >= 0.3 is 0 Å². The van der Waals surface area contributed by atoms with Gasteiger partial charge in [0.05, 0.1) is 11.9 Å². The Morgan fingerprint density at radius 2 is 2.20 bits per heavy atom. The zero-order valence-electron chi connectivity index (χ0n) is 9.79. The van der Waals surface area contributed by atoms with Gasteiger partial charge in [0.2, 0.25) is 5.91 Å². The highest BCUT2D eigenvalue weighted by atomic mass is 32.2. The molecule has 4 heteroatoms. The molecule has 0 fully saturated rings. The summed E-state index contributed by atoms with van der Waals surface area (Å²) in [4.78, 5) is 11.3. The predicted molar refractivity (Wildman–Crippen MR) is 66.2 cm³/mol. The summed E-state index contributed by atoms with van der Waals surface area (Å²) in [5, 5.41) is 11.8. The van der Waals surface area contributed by atoms with Gasteiger partial charge in [0, 0.05) is 6.54 Å². The first-order chi connectivity index (χ1) is 7.16. The van der Waals surface area contributed by atoms with E-state index in [4.69, 9.17) is 5.11 Å². The lowest BCUT2D eigenvalue weighted by molar-refractivity contribution is -0.118. The average Bonchev–Trinajstić information content (AvgIpc) is 2.19. The van der Waals surface area contributed by atoms with Crippen LogP contribution in [0.25, 0.3) is 0 Å². The second-order valence-electron chi connectivity index (χ2n) is 3.75. The standard InChI is InChI=1S/C11H23NO2S/c1-3-4-8-15-9-11(14)12-7-5-6-10(2)13/h10,13H,3-9H2,1-2H3,(H,12,14). The van der Waals surface area contributed by atoms with Crippen molar-refractivity contribution < 1.29 is 9.90 Å². The van der Waals surface area contributed by atoms with E-state index in [9.17, 15) is 4.79 Å². The van der Waals surface area contributed by atoms with Gasteiger partial charge in [-0.05, 0) is 31.9 Å². The Hall–Kier alpha value is -0.220. The molecule has 15 heavy (non-hydrogen) atoms. The van der Waals surface area contributed by atoms with Crippen molar-refractivity contribution in [2.24, 2.45) is 0 Å². The van der Waals surface area contributed by atoms with Crippen LogP contribution in [0.5, 0.6) is 0 Å². The predicted octanol–water partition coefficient (Wildman–Crippen LogP) is 1.80. The van der Waals surface area contributed by atoms with Gasteiger partial charge in [0.1, 0.15) is 0 Å². The molecular weight excluding hydrogens is 210 g/mol. The number of amides is 1. The minimum Gasteiger partial charge on any atom is -0.393 e. The highest BCUT2D eigenvalue weighted by molar-refractivity contribution is 7.99. The van der Waals surface area contributed by atoms with Crippen LogP contribution < -0.4 is 5.32 Å². The van der Waals surface area contributed by atoms with Crippen LogP contribution in [0.15, 0.2) is 0 Å². The van der Waals surface area contributed by atoms with Crippen LogP contribution in [0.4, 0.5) is 0 Å². The van der Waals surface area contributed by atoms with Crippen LogP contribution in [0, 0.1) is 0 Å². The molecule has 0 saturated heterocycles. The van der Waals surface area contributed by atoms with Crippen molar-refractivity contribution in [2.45, 2.75) is 45.6 Å². The monoisotopic (exact) mass is 233 g/mol. The number of unbranched alkanes of at least 4 members (excludes halogenated alkanes) is 1. The molecule has 0 heterocycles. The molecule has 0 rings (SSSR count). The van der Waals surface area contributed by atoms with Crippen molar-refractivity contribution in [3.63, 3.8) is 0 Å². The third-order valence-corrected chi connectivity index (χ3v) is 3.04. The van der Waals surface area contributed by atoms with Gasteiger partial charge in [-0.15, -0.1) is 0 Å². The lowest BCUT2D eigenvalue weighted by atomic mass is 10.2. The zero-order chi connectivity index (χ0) is 11.5. The van der Waals surface area contributed by atoms with E-state index < -0.39 is 0 Å². The number of carbonyl (C=O) groups excluding carboxylic acids is 1. The molecule has 0 aliphatic heterocycles. The number of thioether (sulfide) groups is 1. The minimum absolute atomic E-state index is 0.113. The highest BCUT2D eigenvalue weighted by Crippen LogP contribution is 2.03. The van der Waals surface area contributed by atoms with Crippen LogP contribution in [-0.4, -0.2) is 35.2 Å².